The second-order valence-corrected chi connectivity index (χ2v) is 6.61. The fourth-order valence-electron chi connectivity index (χ4n) is 1.44. The molecule has 4 nitrogen and oxygen atoms in total. The zero-order chi connectivity index (χ0) is 14.0. The summed E-state index contributed by atoms with van der Waals surface area (Å²) in [6.45, 7) is 13.3. The molecule has 0 bridgehead atoms. The van der Waals surface area contributed by atoms with Gasteiger partial charge in [-0.3, -0.25) is 0 Å². The zero-order valence-electron chi connectivity index (χ0n) is 12.3. The number of hydrogen-bond acceptors (Lipinski definition) is 4. The Hall–Kier alpha value is -1.16. The van der Waals surface area contributed by atoms with E-state index in [9.17, 15) is 0 Å². The lowest BCUT2D eigenvalue weighted by Gasteiger charge is -2.23. The lowest BCUT2D eigenvalue weighted by Crippen LogP contribution is -2.23. The van der Waals surface area contributed by atoms with Crippen molar-refractivity contribution >= 4 is 5.82 Å². The highest BCUT2D eigenvalue weighted by Crippen LogP contribution is 2.26. The molecular formula is C14H25N3O. The highest BCUT2D eigenvalue weighted by atomic mass is 16.3. The summed E-state index contributed by atoms with van der Waals surface area (Å²) >= 11 is 0. The second kappa shape index (κ2) is 5.22. The molecule has 0 saturated carbocycles. The van der Waals surface area contributed by atoms with Gasteiger partial charge in [-0.05, 0) is 0 Å². The van der Waals surface area contributed by atoms with Crippen LogP contribution in [0.3, 0.4) is 0 Å². The Kier molecular flexibility index (Phi) is 4.32. The van der Waals surface area contributed by atoms with Gasteiger partial charge in [-0.2, -0.15) is 0 Å². The van der Waals surface area contributed by atoms with Crippen LogP contribution in [0.5, 0.6) is 0 Å². The van der Waals surface area contributed by atoms with Crippen molar-refractivity contribution in [3.05, 3.63) is 17.6 Å². The number of aromatic nitrogens is 2. The van der Waals surface area contributed by atoms with Crippen LogP contribution in [0.25, 0.3) is 0 Å². The minimum Gasteiger partial charge on any atom is -0.395 e. The van der Waals surface area contributed by atoms with Crippen LogP contribution in [0.2, 0.25) is 0 Å². The summed E-state index contributed by atoms with van der Waals surface area (Å²) in [5.41, 5.74) is 0.915. The van der Waals surface area contributed by atoms with Crippen molar-refractivity contribution in [3.8, 4) is 0 Å². The van der Waals surface area contributed by atoms with Gasteiger partial charge >= 0.3 is 0 Å². The Bertz CT molecular complexity index is 370. The number of aliphatic hydroxyl groups is 1. The average Bonchev–Trinajstić information content (AvgIpc) is 2.23. The van der Waals surface area contributed by atoms with Gasteiger partial charge in [0.1, 0.15) is 11.6 Å². The topological polar surface area (TPSA) is 58.0 Å². The number of rotatable bonds is 3. The standard InChI is InChI=1S/C14H25N3O/c1-13(2,3)10-9-11(15-7-8-18)17-12(16-10)14(4,5)6/h9,18H,7-8H2,1-6H3,(H,15,16,17). The zero-order valence-corrected chi connectivity index (χ0v) is 12.3. The minimum atomic E-state index is -0.0864. The molecule has 1 rings (SSSR count). The van der Waals surface area contributed by atoms with Crippen LogP contribution in [0, 0.1) is 0 Å². The second-order valence-electron chi connectivity index (χ2n) is 6.61. The molecule has 102 valence electrons. The van der Waals surface area contributed by atoms with Gasteiger partial charge in [-0.25, -0.2) is 9.97 Å². The fourth-order valence-corrected chi connectivity index (χ4v) is 1.44. The molecule has 0 aromatic carbocycles. The van der Waals surface area contributed by atoms with E-state index in [4.69, 9.17) is 5.11 Å². The van der Waals surface area contributed by atoms with E-state index in [0.717, 1.165) is 17.3 Å². The van der Waals surface area contributed by atoms with Crippen molar-refractivity contribution in [3.63, 3.8) is 0 Å². The predicted octanol–water partition coefficient (Wildman–Crippen LogP) is 2.48. The molecule has 0 spiro atoms. The normalized spacial score (nSPS) is 12.6. The quantitative estimate of drug-likeness (QED) is 0.866. The molecule has 0 aliphatic rings. The summed E-state index contributed by atoms with van der Waals surface area (Å²) in [4.78, 5) is 9.19. The number of nitrogens with zero attached hydrogens (tertiary/aromatic N) is 2. The van der Waals surface area contributed by atoms with Gasteiger partial charge in [0.05, 0.1) is 12.3 Å². The molecule has 1 aromatic heterocycles. The third-order valence-corrected chi connectivity index (χ3v) is 2.58. The Morgan fingerprint density at radius 1 is 1.06 bits per heavy atom. The molecule has 0 atom stereocenters. The molecule has 0 aliphatic heterocycles. The van der Waals surface area contributed by atoms with Crippen LogP contribution in [-0.4, -0.2) is 28.2 Å². The first kappa shape index (κ1) is 14.9. The average molecular weight is 251 g/mol. The van der Waals surface area contributed by atoms with Gasteiger partial charge in [-0.1, -0.05) is 41.5 Å². The van der Waals surface area contributed by atoms with Crippen LogP contribution >= 0.6 is 0 Å². The van der Waals surface area contributed by atoms with E-state index in [1.807, 2.05) is 6.07 Å². The van der Waals surface area contributed by atoms with Crippen molar-refractivity contribution < 1.29 is 5.11 Å². The first-order valence-electron chi connectivity index (χ1n) is 6.39. The highest BCUT2D eigenvalue weighted by molar-refractivity contribution is 5.38. The number of nitrogens with one attached hydrogen (secondary N) is 1. The van der Waals surface area contributed by atoms with Crippen LogP contribution in [-0.2, 0) is 10.8 Å². The van der Waals surface area contributed by atoms with E-state index in [-0.39, 0.29) is 17.4 Å². The summed E-state index contributed by atoms with van der Waals surface area (Å²) in [5, 5.41) is 12.0. The van der Waals surface area contributed by atoms with Crippen LogP contribution in [0.15, 0.2) is 6.07 Å². The summed E-state index contributed by atoms with van der Waals surface area (Å²) in [5.74, 6) is 1.62. The third kappa shape index (κ3) is 3.95. The maximum Gasteiger partial charge on any atom is 0.136 e. The Balaban J connectivity index is 3.21. The fraction of sp³-hybridized carbons (Fsp3) is 0.714. The molecule has 1 heterocycles. The molecule has 0 fully saturated rings. The maximum absolute atomic E-state index is 8.88. The summed E-state index contributed by atoms with van der Waals surface area (Å²) < 4.78 is 0. The van der Waals surface area contributed by atoms with Gasteiger partial charge in [0.25, 0.3) is 0 Å². The molecule has 18 heavy (non-hydrogen) atoms. The monoisotopic (exact) mass is 251 g/mol. The van der Waals surface area contributed by atoms with Gasteiger partial charge in [-0.15, -0.1) is 0 Å². The maximum atomic E-state index is 8.88. The Labute approximate surface area is 110 Å². The molecule has 2 N–H and O–H groups in total. The summed E-state index contributed by atoms with van der Waals surface area (Å²) in [6.07, 6.45) is 0. The third-order valence-electron chi connectivity index (χ3n) is 2.58. The predicted molar refractivity (Wildman–Crippen MR) is 75.0 cm³/mol. The van der Waals surface area contributed by atoms with Crippen LogP contribution in [0.1, 0.15) is 53.1 Å². The van der Waals surface area contributed by atoms with Crippen molar-refractivity contribution in [1.82, 2.24) is 9.97 Å². The van der Waals surface area contributed by atoms with Crippen molar-refractivity contribution in [2.45, 2.75) is 52.4 Å². The van der Waals surface area contributed by atoms with E-state index in [1.165, 1.54) is 0 Å². The van der Waals surface area contributed by atoms with Crippen LogP contribution < -0.4 is 5.32 Å². The van der Waals surface area contributed by atoms with Gasteiger partial charge in [0.2, 0.25) is 0 Å². The molecular weight excluding hydrogens is 226 g/mol. The SMILES string of the molecule is CC(C)(C)c1cc(NCCO)nc(C(C)(C)C)n1. The minimum absolute atomic E-state index is 0.0153. The Morgan fingerprint density at radius 2 is 1.67 bits per heavy atom. The smallest absolute Gasteiger partial charge is 0.136 e. The highest BCUT2D eigenvalue weighted by Gasteiger charge is 2.23. The van der Waals surface area contributed by atoms with Crippen molar-refractivity contribution in [1.29, 1.82) is 0 Å². The molecule has 0 radical (unpaired) electrons. The molecule has 0 aliphatic carbocycles. The van der Waals surface area contributed by atoms with E-state index in [1.54, 1.807) is 0 Å². The lowest BCUT2D eigenvalue weighted by atomic mass is 9.90. The molecule has 4 heteroatoms. The van der Waals surface area contributed by atoms with E-state index >= 15 is 0 Å². The van der Waals surface area contributed by atoms with Crippen LogP contribution in [0.4, 0.5) is 5.82 Å². The number of anilines is 1. The molecule has 0 saturated heterocycles. The van der Waals surface area contributed by atoms with E-state index in [2.05, 4.69) is 56.8 Å². The first-order chi connectivity index (χ1) is 8.14. The lowest BCUT2D eigenvalue weighted by molar-refractivity contribution is 0.311. The number of hydrogen-bond donors (Lipinski definition) is 2. The molecule has 1 aromatic rings. The van der Waals surface area contributed by atoms with E-state index < -0.39 is 0 Å². The van der Waals surface area contributed by atoms with Gasteiger partial charge in [0, 0.05) is 23.4 Å². The molecule has 0 unspecified atom stereocenters. The van der Waals surface area contributed by atoms with Gasteiger partial charge in [0.15, 0.2) is 0 Å². The van der Waals surface area contributed by atoms with Crippen molar-refractivity contribution in [2.75, 3.05) is 18.5 Å². The van der Waals surface area contributed by atoms with Gasteiger partial charge < -0.3 is 10.4 Å². The molecule has 0 amide bonds. The largest absolute Gasteiger partial charge is 0.395 e. The number of aliphatic hydroxyl groups excluding tert-OH is 1. The van der Waals surface area contributed by atoms with Crippen molar-refractivity contribution in [2.24, 2.45) is 0 Å². The Morgan fingerprint density at radius 3 is 2.11 bits per heavy atom. The summed E-state index contributed by atoms with van der Waals surface area (Å²) in [7, 11) is 0. The summed E-state index contributed by atoms with van der Waals surface area (Å²) in [6, 6.07) is 1.96. The van der Waals surface area contributed by atoms with E-state index in [0.29, 0.717) is 6.54 Å². The first-order valence-corrected chi connectivity index (χ1v) is 6.39.